The molecular formula is C19H19F5N4O3. The second-order valence-electron chi connectivity index (χ2n) is 6.72. The highest BCUT2D eigenvalue weighted by Gasteiger charge is 2.35. The molecule has 7 nitrogen and oxygen atoms in total. The molecule has 0 saturated carbocycles. The Morgan fingerprint density at radius 1 is 1.16 bits per heavy atom. The quantitative estimate of drug-likeness (QED) is 0.611. The van der Waals surface area contributed by atoms with Crippen LogP contribution in [0.25, 0.3) is 0 Å². The lowest BCUT2D eigenvalue weighted by Crippen LogP contribution is -2.45. The minimum atomic E-state index is -4.50. The van der Waals surface area contributed by atoms with Crippen LogP contribution in [0.3, 0.4) is 0 Å². The van der Waals surface area contributed by atoms with Crippen LogP contribution in [0.5, 0.6) is 5.75 Å². The number of halogens is 5. The minimum absolute atomic E-state index is 0.0679. The molecule has 0 saturated heterocycles. The minimum Gasteiger partial charge on any atom is -0.484 e. The number of carbonyl (C=O) groups is 1. The smallest absolute Gasteiger partial charge is 0.422 e. The molecule has 0 aliphatic carbocycles. The SMILES string of the molecule is Cn1ccc(C2CC(=O)N(c3ccc(OCC(F)(F)F)cc3)C(OC(CF)CF)=N2)n1. The molecule has 2 heterocycles. The largest absolute Gasteiger partial charge is 0.484 e. The zero-order valence-corrected chi connectivity index (χ0v) is 16.4. The average Bonchev–Trinajstić information content (AvgIpc) is 3.16. The van der Waals surface area contributed by atoms with Crippen molar-refractivity contribution in [3.63, 3.8) is 0 Å². The Kier molecular flexibility index (Phi) is 6.76. The molecule has 0 bridgehead atoms. The predicted octanol–water partition coefficient (Wildman–Crippen LogP) is 3.52. The molecule has 1 aromatic heterocycles. The number of rotatable bonds is 7. The Morgan fingerprint density at radius 2 is 1.84 bits per heavy atom. The number of alkyl halides is 5. The van der Waals surface area contributed by atoms with Crippen LogP contribution in [0.4, 0.5) is 27.6 Å². The van der Waals surface area contributed by atoms with E-state index in [1.165, 1.54) is 28.9 Å². The molecule has 2 aromatic rings. The number of ether oxygens (including phenoxy) is 2. The Hall–Kier alpha value is -3.18. The highest BCUT2D eigenvalue weighted by molar-refractivity contribution is 6.15. The Balaban J connectivity index is 1.88. The summed E-state index contributed by atoms with van der Waals surface area (Å²) in [4.78, 5) is 18.2. The third-order valence-corrected chi connectivity index (χ3v) is 4.26. The number of aromatic nitrogens is 2. The van der Waals surface area contributed by atoms with Crippen LogP contribution < -0.4 is 9.64 Å². The van der Waals surface area contributed by atoms with Gasteiger partial charge in [0.05, 0.1) is 17.8 Å². The first kappa shape index (κ1) is 22.5. The van der Waals surface area contributed by atoms with Gasteiger partial charge in [-0.25, -0.2) is 18.7 Å². The summed E-state index contributed by atoms with van der Waals surface area (Å²) >= 11 is 0. The van der Waals surface area contributed by atoms with Gasteiger partial charge in [-0.3, -0.25) is 9.48 Å². The fourth-order valence-electron chi connectivity index (χ4n) is 2.83. The van der Waals surface area contributed by atoms with Gasteiger partial charge < -0.3 is 9.47 Å². The zero-order valence-electron chi connectivity index (χ0n) is 16.4. The molecule has 1 amide bonds. The van der Waals surface area contributed by atoms with Crippen molar-refractivity contribution in [1.82, 2.24) is 9.78 Å². The molecule has 3 rings (SSSR count). The van der Waals surface area contributed by atoms with Crippen molar-refractivity contribution in [1.29, 1.82) is 0 Å². The van der Waals surface area contributed by atoms with Gasteiger partial charge in [0.25, 0.3) is 6.02 Å². The van der Waals surface area contributed by atoms with Gasteiger partial charge in [-0.05, 0) is 30.3 Å². The first-order valence-electron chi connectivity index (χ1n) is 9.18. The number of hydrogen-bond donors (Lipinski definition) is 0. The van der Waals surface area contributed by atoms with E-state index in [9.17, 15) is 26.7 Å². The predicted molar refractivity (Wildman–Crippen MR) is 100 cm³/mol. The van der Waals surface area contributed by atoms with Crippen LogP contribution in [-0.2, 0) is 16.6 Å². The number of hydrogen-bond acceptors (Lipinski definition) is 5. The number of amidine groups is 1. The van der Waals surface area contributed by atoms with Gasteiger partial charge in [0.1, 0.15) is 25.1 Å². The van der Waals surface area contributed by atoms with Crippen molar-refractivity contribution in [2.45, 2.75) is 24.7 Å². The molecule has 1 aromatic carbocycles. The van der Waals surface area contributed by atoms with Crippen LogP contribution in [0, 0.1) is 0 Å². The Bertz CT molecular complexity index is 925. The average molecular weight is 446 g/mol. The highest BCUT2D eigenvalue weighted by atomic mass is 19.4. The van der Waals surface area contributed by atoms with Gasteiger partial charge in [0, 0.05) is 13.2 Å². The summed E-state index contributed by atoms with van der Waals surface area (Å²) in [6.07, 6.45) is -4.39. The molecule has 0 fully saturated rings. The zero-order chi connectivity index (χ0) is 22.6. The molecular weight excluding hydrogens is 427 g/mol. The number of carbonyl (C=O) groups excluding carboxylic acids is 1. The van der Waals surface area contributed by atoms with E-state index in [2.05, 4.69) is 14.8 Å². The van der Waals surface area contributed by atoms with E-state index >= 15 is 0 Å². The van der Waals surface area contributed by atoms with Crippen molar-refractivity contribution < 1.29 is 36.2 Å². The molecule has 12 heteroatoms. The summed E-state index contributed by atoms with van der Waals surface area (Å²) in [5.41, 5.74) is 0.670. The standard InChI is InChI=1S/C19H19F5N4O3/c1-27-7-6-15(26-27)16-8-17(29)28(18(25-16)31-14(9-20)10-21)12-2-4-13(5-3-12)30-11-19(22,23)24/h2-7,14,16H,8-11H2,1H3. The van der Waals surface area contributed by atoms with Crippen molar-refractivity contribution in [3.05, 3.63) is 42.2 Å². The number of aliphatic imine (C=N–C) groups is 1. The molecule has 31 heavy (non-hydrogen) atoms. The van der Waals surface area contributed by atoms with Crippen LogP contribution in [0.15, 0.2) is 41.5 Å². The lowest BCUT2D eigenvalue weighted by atomic mass is 10.1. The first-order valence-corrected chi connectivity index (χ1v) is 9.18. The van der Waals surface area contributed by atoms with Gasteiger partial charge in [-0.2, -0.15) is 18.3 Å². The Labute approximate surface area is 174 Å². The molecule has 1 atom stereocenters. The van der Waals surface area contributed by atoms with Gasteiger partial charge in [-0.15, -0.1) is 0 Å². The Morgan fingerprint density at radius 3 is 2.39 bits per heavy atom. The second kappa shape index (κ2) is 9.31. The van der Waals surface area contributed by atoms with E-state index in [0.29, 0.717) is 5.69 Å². The number of nitrogens with zero attached hydrogens (tertiary/aromatic N) is 4. The fourth-order valence-corrected chi connectivity index (χ4v) is 2.83. The summed E-state index contributed by atoms with van der Waals surface area (Å²) in [7, 11) is 1.69. The van der Waals surface area contributed by atoms with E-state index in [1.54, 1.807) is 19.3 Å². The first-order chi connectivity index (χ1) is 14.7. The maximum absolute atomic E-state index is 13.0. The third-order valence-electron chi connectivity index (χ3n) is 4.26. The molecule has 1 unspecified atom stereocenters. The summed E-state index contributed by atoms with van der Waals surface area (Å²) in [5, 5.41) is 4.20. The van der Waals surface area contributed by atoms with Crippen molar-refractivity contribution >= 4 is 17.6 Å². The van der Waals surface area contributed by atoms with Crippen molar-refractivity contribution in [2.24, 2.45) is 12.0 Å². The van der Waals surface area contributed by atoms with Crippen LogP contribution in [0.2, 0.25) is 0 Å². The number of amides is 1. The molecule has 1 aliphatic heterocycles. The summed E-state index contributed by atoms with van der Waals surface area (Å²) in [6, 6.07) is 5.73. The van der Waals surface area contributed by atoms with E-state index < -0.39 is 44.2 Å². The number of benzene rings is 1. The van der Waals surface area contributed by atoms with E-state index in [4.69, 9.17) is 4.74 Å². The van der Waals surface area contributed by atoms with E-state index in [1.807, 2.05) is 0 Å². The molecule has 168 valence electrons. The van der Waals surface area contributed by atoms with Crippen LogP contribution in [-0.4, -0.2) is 53.9 Å². The van der Waals surface area contributed by atoms with Crippen molar-refractivity contribution in [3.8, 4) is 5.75 Å². The highest BCUT2D eigenvalue weighted by Crippen LogP contribution is 2.31. The molecule has 0 N–H and O–H groups in total. The van der Waals surface area contributed by atoms with Gasteiger partial charge >= 0.3 is 6.18 Å². The lowest BCUT2D eigenvalue weighted by molar-refractivity contribution is -0.153. The third kappa shape index (κ3) is 5.70. The normalized spacial score (nSPS) is 17.1. The van der Waals surface area contributed by atoms with Gasteiger partial charge in [-0.1, -0.05) is 0 Å². The topological polar surface area (TPSA) is 69.0 Å². The maximum atomic E-state index is 13.0. The summed E-state index contributed by atoms with van der Waals surface area (Å²) < 4.78 is 74.5. The van der Waals surface area contributed by atoms with Crippen LogP contribution >= 0.6 is 0 Å². The van der Waals surface area contributed by atoms with Crippen LogP contribution in [0.1, 0.15) is 18.2 Å². The lowest BCUT2D eigenvalue weighted by Gasteiger charge is -2.31. The molecule has 0 radical (unpaired) electrons. The summed E-state index contributed by atoms with van der Waals surface area (Å²) in [6.45, 7) is -3.75. The van der Waals surface area contributed by atoms with Crippen molar-refractivity contribution in [2.75, 3.05) is 24.9 Å². The molecule has 0 spiro atoms. The maximum Gasteiger partial charge on any atom is 0.422 e. The monoisotopic (exact) mass is 446 g/mol. The number of anilines is 1. The number of aryl methyl sites for hydroxylation is 1. The van der Waals surface area contributed by atoms with Gasteiger partial charge in [0.15, 0.2) is 12.7 Å². The van der Waals surface area contributed by atoms with E-state index in [-0.39, 0.29) is 23.9 Å². The molecule has 1 aliphatic rings. The summed E-state index contributed by atoms with van der Waals surface area (Å²) in [5.74, 6) is -0.553. The van der Waals surface area contributed by atoms with Gasteiger partial charge in [0.2, 0.25) is 5.91 Å². The fraction of sp³-hybridized carbons (Fsp3) is 0.421. The second-order valence-corrected chi connectivity index (χ2v) is 6.72. The van der Waals surface area contributed by atoms with E-state index in [0.717, 1.165) is 4.90 Å².